The molecule has 0 atom stereocenters. The Balaban J connectivity index is 1.42. The van der Waals surface area contributed by atoms with Gasteiger partial charge in [-0.15, -0.1) is 0 Å². The van der Waals surface area contributed by atoms with Gasteiger partial charge in [0.2, 0.25) is 0 Å². The van der Waals surface area contributed by atoms with Crippen LogP contribution < -0.4 is 15.5 Å². The SMILES string of the molecule is CC(C)(O)CN1CCC(N(CC2CC2)c2ccc(C(=O)Nc3ccccc3NC(=O)O)cc2)CC1. The lowest BCUT2D eigenvalue weighted by molar-refractivity contribution is 0.0281. The van der Waals surface area contributed by atoms with Gasteiger partial charge < -0.3 is 25.3 Å². The second-order valence-electron chi connectivity index (χ2n) is 10.4. The first kappa shape index (κ1) is 25.0. The number of piperidine rings is 1. The summed E-state index contributed by atoms with van der Waals surface area (Å²) in [5.41, 5.74) is 1.71. The van der Waals surface area contributed by atoms with Crippen molar-refractivity contribution in [1.29, 1.82) is 0 Å². The highest BCUT2D eigenvalue weighted by Crippen LogP contribution is 2.34. The van der Waals surface area contributed by atoms with Crippen LogP contribution in [0.25, 0.3) is 0 Å². The molecule has 2 aliphatic rings. The van der Waals surface area contributed by atoms with Gasteiger partial charge in [0.1, 0.15) is 0 Å². The maximum absolute atomic E-state index is 12.8. The first-order valence-corrected chi connectivity index (χ1v) is 12.4. The van der Waals surface area contributed by atoms with E-state index in [2.05, 4.69) is 20.4 Å². The Bertz CT molecular complexity index is 1020. The lowest BCUT2D eigenvalue weighted by Crippen LogP contribution is -2.49. The largest absolute Gasteiger partial charge is 0.465 e. The van der Waals surface area contributed by atoms with Crippen LogP contribution in [0.15, 0.2) is 48.5 Å². The Morgan fingerprint density at radius 2 is 1.57 bits per heavy atom. The molecule has 35 heavy (non-hydrogen) atoms. The molecule has 0 aromatic heterocycles. The van der Waals surface area contributed by atoms with Crippen LogP contribution in [0.1, 0.15) is 49.9 Å². The fourth-order valence-corrected chi connectivity index (χ4v) is 4.80. The van der Waals surface area contributed by atoms with Crippen molar-refractivity contribution in [2.45, 2.75) is 51.2 Å². The van der Waals surface area contributed by atoms with E-state index in [4.69, 9.17) is 5.11 Å². The maximum atomic E-state index is 12.8. The van der Waals surface area contributed by atoms with Crippen LogP contribution in [0.3, 0.4) is 0 Å². The summed E-state index contributed by atoms with van der Waals surface area (Å²) in [5.74, 6) is 0.454. The number of anilines is 3. The fraction of sp³-hybridized carbons (Fsp3) is 0.481. The van der Waals surface area contributed by atoms with E-state index in [9.17, 15) is 14.7 Å². The lowest BCUT2D eigenvalue weighted by Gasteiger charge is -2.41. The Hall–Kier alpha value is -3.10. The van der Waals surface area contributed by atoms with Crippen molar-refractivity contribution in [3.05, 3.63) is 54.1 Å². The molecule has 0 radical (unpaired) electrons. The number of amides is 2. The number of carbonyl (C=O) groups is 2. The van der Waals surface area contributed by atoms with Crippen molar-refractivity contribution in [3.8, 4) is 0 Å². The fourth-order valence-electron chi connectivity index (χ4n) is 4.80. The normalized spacial score (nSPS) is 17.1. The van der Waals surface area contributed by atoms with Crippen molar-refractivity contribution >= 4 is 29.1 Å². The highest BCUT2D eigenvalue weighted by atomic mass is 16.4. The van der Waals surface area contributed by atoms with E-state index in [1.807, 2.05) is 38.1 Å². The third-order valence-electron chi connectivity index (χ3n) is 6.64. The van der Waals surface area contributed by atoms with Gasteiger partial charge in [0.25, 0.3) is 5.91 Å². The van der Waals surface area contributed by atoms with E-state index >= 15 is 0 Å². The van der Waals surface area contributed by atoms with Crippen molar-refractivity contribution in [1.82, 2.24) is 4.90 Å². The number of hydrogen-bond acceptors (Lipinski definition) is 5. The minimum absolute atomic E-state index is 0.287. The van der Waals surface area contributed by atoms with Gasteiger partial charge in [-0.2, -0.15) is 0 Å². The van der Waals surface area contributed by atoms with Crippen LogP contribution >= 0.6 is 0 Å². The molecule has 1 heterocycles. The number of β-amino-alcohol motifs (C(OH)–C–C–N with tert-alkyl or cyclic N) is 1. The van der Waals surface area contributed by atoms with Gasteiger partial charge in [-0.3, -0.25) is 10.1 Å². The summed E-state index contributed by atoms with van der Waals surface area (Å²) >= 11 is 0. The van der Waals surface area contributed by atoms with Gasteiger partial charge in [-0.25, -0.2) is 4.79 Å². The van der Waals surface area contributed by atoms with Gasteiger partial charge in [0.05, 0.1) is 17.0 Å². The lowest BCUT2D eigenvalue weighted by atomic mass is 9.99. The summed E-state index contributed by atoms with van der Waals surface area (Å²) in [6.07, 6.45) is 3.48. The molecule has 2 amide bonds. The van der Waals surface area contributed by atoms with E-state index in [1.54, 1.807) is 24.3 Å². The van der Waals surface area contributed by atoms with Crippen LogP contribution in [0, 0.1) is 5.92 Å². The number of aliphatic hydroxyl groups is 1. The Labute approximate surface area is 206 Å². The monoisotopic (exact) mass is 480 g/mol. The molecule has 1 aliphatic heterocycles. The van der Waals surface area contributed by atoms with Crippen LogP contribution in [-0.4, -0.2) is 64.9 Å². The van der Waals surface area contributed by atoms with Crippen molar-refractivity contribution in [2.75, 3.05) is 41.7 Å². The first-order chi connectivity index (χ1) is 16.7. The van der Waals surface area contributed by atoms with E-state index in [0.29, 0.717) is 29.5 Å². The molecule has 4 rings (SSSR count). The van der Waals surface area contributed by atoms with Crippen molar-refractivity contribution < 1.29 is 19.8 Å². The molecular formula is C27H36N4O4. The van der Waals surface area contributed by atoms with Gasteiger partial charge in [-0.05, 0) is 81.8 Å². The molecular weight excluding hydrogens is 444 g/mol. The second kappa shape index (κ2) is 10.7. The molecule has 1 aliphatic carbocycles. The Morgan fingerprint density at radius 3 is 2.11 bits per heavy atom. The molecule has 0 spiro atoms. The van der Waals surface area contributed by atoms with Gasteiger partial charge in [0.15, 0.2) is 0 Å². The quantitative estimate of drug-likeness (QED) is 0.422. The van der Waals surface area contributed by atoms with Gasteiger partial charge in [-0.1, -0.05) is 12.1 Å². The number of hydrogen-bond donors (Lipinski definition) is 4. The molecule has 1 saturated carbocycles. The van der Waals surface area contributed by atoms with E-state index in [-0.39, 0.29) is 5.91 Å². The number of para-hydroxylation sites is 2. The summed E-state index contributed by atoms with van der Waals surface area (Å²) in [6, 6.07) is 14.9. The molecule has 8 heteroatoms. The second-order valence-corrected chi connectivity index (χ2v) is 10.4. The number of rotatable bonds is 9. The minimum atomic E-state index is -1.18. The predicted molar refractivity (Wildman–Crippen MR) is 138 cm³/mol. The zero-order valence-corrected chi connectivity index (χ0v) is 20.5. The van der Waals surface area contributed by atoms with E-state index in [0.717, 1.165) is 44.1 Å². The first-order valence-electron chi connectivity index (χ1n) is 12.4. The zero-order chi connectivity index (χ0) is 25.0. The van der Waals surface area contributed by atoms with Crippen molar-refractivity contribution in [2.24, 2.45) is 5.92 Å². The van der Waals surface area contributed by atoms with E-state index < -0.39 is 11.7 Å². The standard InChI is InChI=1S/C27H36N4O4/c1-27(2,35)18-30-15-13-22(14-16-30)31(17-19-7-8-19)21-11-9-20(10-12-21)25(32)28-23-5-3-4-6-24(23)29-26(33)34/h3-6,9-12,19,22,29,35H,7-8,13-18H2,1-2H3,(H,28,32)(H,33,34). The van der Waals surface area contributed by atoms with Gasteiger partial charge in [0, 0.05) is 43.5 Å². The van der Waals surface area contributed by atoms with Crippen LogP contribution in [0.5, 0.6) is 0 Å². The third kappa shape index (κ3) is 7.19. The topological polar surface area (TPSA) is 105 Å². The third-order valence-corrected chi connectivity index (χ3v) is 6.64. The van der Waals surface area contributed by atoms with E-state index in [1.165, 1.54) is 12.8 Å². The summed E-state index contributed by atoms with van der Waals surface area (Å²) in [7, 11) is 0. The zero-order valence-electron chi connectivity index (χ0n) is 20.5. The summed E-state index contributed by atoms with van der Waals surface area (Å²) < 4.78 is 0. The molecule has 0 unspecified atom stereocenters. The van der Waals surface area contributed by atoms with Crippen LogP contribution in [0.4, 0.5) is 21.9 Å². The Kier molecular flexibility index (Phi) is 7.62. The predicted octanol–water partition coefficient (Wildman–Crippen LogP) is 4.48. The Morgan fingerprint density at radius 1 is 0.971 bits per heavy atom. The smallest absolute Gasteiger partial charge is 0.409 e. The molecule has 188 valence electrons. The number of carboxylic acid groups (broad SMARTS) is 1. The average molecular weight is 481 g/mol. The molecule has 2 aromatic rings. The summed E-state index contributed by atoms with van der Waals surface area (Å²) in [6.45, 7) is 7.39. The number of benzene rings is 2. The maximum Gasteiger partial charge on any atom is 0.409 e. The van der Waals surface area contributed by atoms with Crippen molar-refractivity contribution in [3.63, 3.8) is 0 Å². The molecule has 2 fully saturated rings. The summed E-state index contributed by atoms with van der Waals surface area (Å²) in [5, 5.41) is 24.3. The highest BCUT2D eigenvalue weighted by Gasteiger charge is 2.31. The number of carbonyl (C=O) groups excluding carboxylic acids is 1. The molecule has 1 saturated heterocycles. The molecule has 2 aromatic carbocycles. The minimum Gasteiger partial charge on any atom is -0.465 e. The molecule has 0 bridgehead atoms. The van der Waals surface area contributed by atoms with Crippen LogP contribution in [0.2, 0.25) is 0 Å². The summed E-state index contributed by atoms with van der Waals surface area (Å²) in [4.78, 5) is 28.7. The average Bonchev–Trinajstić information content (AvgIpc) is 3.62. The number of nitrogens with zero attached hydrogens (tertiary/aromatic N) is 2. The number of likely N-dealkylation sites (tertiary alicyclic amines) is 1. The van der Waals surface area contributed by atoms with Gasteiger partial charge >= 0.3 is 6.09 Å². The number of nitrogens with one attached hydrogen (secondary N) is 2. The van der Waals surface area contributed by atoms with Crippen LogP contribution in [-0.2, 0) is 0 Å². The molecule has 8 nitrogen and oxygen atoms in total. The molecule has 4 N–H and O–H groups in total. The highest BCUT2D eigenvalue weighted by molar-refractivity contribution is 6.06.